The average Bonchev–Trinajstić information content (AvgIpc) is 2.80. The van der Waals surface area contributed by atoms with Crippen molar-refractivity contribution in [3.05, 3.63) is 29.8 Å². The second-order valence-corrected chi connectivity index (χ2v) is 6.05. The van der Waals surface area contributed by atoms with Gasteiger partial charge in [0, 0.05) is 44.5 Å². The highest BCUT2D eigenvalue weighted by Crippen LogP contribution is 2.31. The van der Waals surface area contributed by atoms with Gasteiger partial charge in [-0.05, 0) is 44.0 Å². The summed E-state index contributed by atoms with van der Waals surface area (Å²) in [7, 11) is 2.24. The summed E-state index contributed by atoms with van der Waals surface area (Å²) in [6, 6.07) is 10.0. The zero-order chi connectivity index (χ0) is 13.2. The maximum Gasteiger partial charge on any atom is 0.0367 e. The van der Waals surface area contributed by atoms with Crippen LogP contribution in [0, 0.1) is 0 Å². The van der Waals surface area contributed by atoms with Crippen LogP contribution in [0.5, 0.6) is 0 Å². The van der Waals surface area contributed by atoms with Gasteiger partial charge < -0.3 is 15.1 Å². The standard InChI is InChI=1S/C16H25N3/c1-13-11-15(12-18(13)2)14-3-5-16(6-4-14)19-9-7-17-8-10-19/h3-6,13,15,17H,7-12H2,1-2H3. The van der Waals surface area contributed by atoms with Gasteiger partial charge in [-0.2, -0.15) is 0 Å². The number of piperazine rings is 1. The van der Waals surface area contributed by atoms with Gasteiger partial charge >= 0.3 is 0 Å². The Kier molecular flexibility index (Phi) is 3.76. The number of nitrogens with one attached hydrogen (secondary N) is 1. The molecule has 2 aliphatic rings. The largest absolute Gasteiger partial charge is 0.369 e. The highest BCUT2D eigenvalue weighted by molar-refractivity contribution is 5.48. The minimum Gasteiger partial charge on any atom is -0.369 e. The summed E-state index contributed by atoms with van der Waals surface area (Å²) in [4.78, 5) is 4.94. The number of anilines is 1. The lowest BCUT2D eigenvalue weighted by molar-refractivity contribution is 0.329. The normalized spacial score (nSPS) is 28.8. The van der Waals surface area contributed by atoms with Gasteiger partial charge in [-0.3, -0.25) is 0 Å². The van der Waals surface area contributed by atoms with E-state index in [1.165, 1.54) is 24.2 Å². The fraction of sp³-hybridized carbons (Fsp3) is 0.625. The first kappa shape index (κ1) is 12.9. The van der Waals surface area contributed by atoms with E-state index in [1.807, 2.05) is 0 Å². The highest BCUT2D eigenvalue weighted by atomic mass is 15.2. The molecule has 1 aromatic rings. The molecule has 0 saturated carbocycles. The summed E-state index contributed by atoms with van der Waals surface area (Å²) in [6.07, 6.45) is 1.30. The fourth-order valence-corrected chi connectivity index (χ4v) is 3.32. The predicted molar refractivity (Wildman–Crippen MR) is 81.0 cm³/mol. The third-order valence-electron chi connectivity index (χ3n) is 4.73. The summed E-state index contributed by atoms with van der Waals surface area (Å²) >= 11 is 0. The summed E-state index contributed by atoms with van der Waals surface area (Å²) in [6.45, 7) is 7.99. The van der Waals surface area contributed by atoms with E-state index >= 15 is 0 Å². The molecule has 0 radical (unpaired) electrons. The van der Waals surface area contributed by atoms with Crippen LogP contribution in [-0.2, 0) is 0 Å². The lowest BCUT2D eigenvalue weighted by Gasteiger charge is -2.29. The van der Waals surface area contributed by atoms with Gasteiger partial charge in [-0.1, -0.05) is 12.1 Å². The molecular formula is C16H25N3. The van der Waals surface area contributed by atoms with E-state index in [1.54, 1.807) is 0 Å². The third-order valence-corrected chi connectivity index (χ3v) is 4.73. The van der Waals surface area contributed by atoms with E-state index in [-0.39, 0.29) is 0 Å². The summed E-state index contributed by atoms with van der Waals surface area (Å²) in [5.41, 5.74) is 2.89. The molecule has 0 amide bonds. The van der Waals surface area contributed by atoms with Crippen LogP contribution in [0.4, 0.5) is 5.69 Å². The van der Waals surface area contributed by atoms with Gasteiger partial charge in [0.05, 0.1) is 0 Å². The molecule has 2 unspecified atom stereocenters. The monoisotopic (exact) mass is 259 g/mol. The molecule has 3 nitrogen and oxygen atoms in total. The zero-order valence-electron chi connectivity index (χ0n) is 12.1. The molecule has 0 aromatic heterocycles. The Morgan fingerprint density at radius 2 is 1.79 bits per heavy atom. The third kappa shape index (κ3) is 2.77. The Morgan fingerprint density at radius 1 is 1.11 bits per heavy atom. The summed E-state index contributed by atoms with van der Waals surface area (Å²) < 4.78 is 0. The first-order chi connectivity index (χ1) is 9.24. The van der Waals surface area contributed by atoms with Crippen molar-refractivity contribution in [2.24, 2.45) is 0 Å². The number of nitrogens with zero attached hydrogens (tertiary/aromatic N) is 2. The molecule has 2 heterocycles. The quantitative estimate of drug-likeness (QED) is 0.875. The van der Waals surface area contributed by atoms with Crippen LogP contribution in [-0.4, -0.2) is 50.7 Å². The van der Waals surface area contributed by atoms with Crippen LogP contribution >= 0.6 is 0 Å². The van der Waals surface area contributed by atoms with Gasteiger partial charge in [-0.25, -0.2) is 0 Å². The van der Waals surface area contributed by atoms with Gasteiger partial charge in [0.2, 0.25) is 0 Å². The van der Waals surface area contributed by atoms with E-state index in [0.29, 0.717) is 0 Å². The van der Waals surface area contributed by atoms with E-state index in [9.17, 15) is 0 Å². The van der Waals surface area contributed by atoms with Crippen molar-refractivity contribution in [2.45, 2.75) is 25.3 Å². The molecule has 19 heavy (non-hydrogen) atoms. The molecule has 2 fully saturated rings. The lowest BCUT2D eigenvalue weighted by atomic mass is 9.96. The second-order valence-electron chi connectivity index (χ2n) is 6.05. The molecule has 2 aliphatic heterocycles. The average molecular weight is 259 g/mol. The van der Waals surface area contributed by atoms with Gasteiger partial charge in [0.1, 0.15) is 0 Å². The maximum absolute atomic E-state index is 3.40. The fourth-order valence-electron chi connectivity index (χ4n) is 3.32. The molecule has 0 aliphatic carbocycles. The smallest absolute Gasteiger partial charge is 0.0367 e. The topological polar surface area (TPSA) is 18.5 Å². The van der Waals surface area contributed by atoms with E-state index < -0.39 is 0 Å². The van der Waals surface area contributed by atoms with Crippen molar-refractivity contribution in [3.63, 3.8) is 0 Å². The first-order valence-electron chi connectivity index (χ1n) is 7.50. The molecule has 2 saturated heterocycles. The van der Waals surface area contributed by atoms with Crippen molar-refractivity contribution in [2.75, 3.05) is 44.7 Å². The SMILES string of the molecule is CC1CC(c2ccc(N3CCNCC3)cc2)CN1C. The highest BCUT2D eigenvalue weighted by Gasteiger charge is 2.27. The van der Waals surface area contributed by atoms with Crippen molar-refractivity contribution in [1.29, 1.82) is 0 Å². The van der Waals surface area contributed by atoms with Crippen LogP contribution in [0.1, 0.15) is 24.8 Å². The van der Waals surface area contributed by atoms with Crippen molar-refractivity contribution < 1.29 is 0 Å². The van der Waals surface area contributed by atoms with Gasteiger partial charge in [-0.15, -0.1) is 0 Å². The van der Waals surface area contributed by atoms with Crippen LogP contribution < -0.4 is 10.2 Å². The van der Waals surface area contributed by atoms with Crippen LogP contribution in [0.2, 0.25) is 0 Å². The molecule has 3 heteroatoms. The van der Waals surface area contributed by atoms with E-state index in [0.717, 1.165) is 38.1 Å². The Balaban J connectivity index is 1.68. The van der Waals surface area contributed by atoms with Crippen LogP contribution in [0.15, 0.2) is 24.3 Å². The van der Waals surface area contributed by atoms with E-state index in [2.05, 4.69) is 53.4 Å². The number of hydrogen-bond acceptors (Lipinski definition) is 3. The molecule has 0 bridgehead atoms. The van der Waals surface area contributed by atoms with Crippen molar-refractivity contribution >= 4 is 5.69 Å². The van der Waals surface area contributed by atoms with Crippen molar-refractivity contribution in [1.82, 2.24) is 10.2 Å². The minimum absolute atomic E-state index is 0.720. The number of hydrogen-bond donors (Lipinski definition) is 1. The molecule has 2 atom stereocenters. The van der Waals surface area contributed by atoms with Crippen molar-refractivity contribution in [3.8, 4) is 0 Å². The number of rotatable bonds is 2. The number of likely N-dealkylation sites (tertiary alicyclic amines) is 1. The molecule has 0 spiro atoms. The lowest BCUT2D eigenvalue weighted by Crippen LogP contribution is -2.43. The summed E-state index contributed by atoms with van der Waals surface area (Å²) in [5.74, 6) is 0.720. The Morgan fingerprint density at radius 3 is 2.37 bits per heavy atom. The summed E-state index contributed by atoms with van der Waals surface area (Å²) in [5, 5.41) is 3.40. The second kappa shape index (κ2) is 5.51. The number of likely N-dealkylation sites (N-methyl/N-ethyl adjacent to an activating group) is 1. The first-order valence-corrected chi connectivity index (χ1v) is 7.50. The maximum atomic E-state index is 3.40. The zero-order valence-corrected chi connectivity index (χ0v) is 12.1. The van der Waals surface area contributed by atoms with Gasteiger partial charge in [0.25, 0.3) is 0 Å². The molecule has 3 rings (SSSR count). The molecule has 1 N–H and O–H groups in total. The molecular weight excluding hydrogens is 234 g/mol. The van der Waals surface area contributed by atoms with E-state index in [4.69, 9.17) is 0 Å². The molecule has 104 valence electrons. The van der Waals surface area contributed by atoms with Crippen LogP contribution in [0.3, 0.4) is 0 Å². The Hall–Kier alpha value is -1.06. The van der Waals surface area contributed by atoms with Gasteiger partial charge in [0.15, 0.2) is 0 Å². The number of benzene rings is 1. The Labute approximate surface area is 116 Å². The predicted octanol–water partition coefficient (Wildman–Crippen LogP) is 1.90. The Bertz CT molecular complexity index is 399. The molecule has 1 aromatic carbocycles. The minimum atomic E-state index is 0.720. The van der Waals surface area contributed by atoms with Crippen LogP contribution in [0.25, 0.3) is 0 Å².